The molecule has 0 fully saturated rings. The molecule has 168 valence electrons. The summed E-state index contributed by atoms with van der Waals surface area (Å²) in [5.74, 6) is 0. The van der Waals surface area contributed by atoms with Crippen LogP contribution in [0.3, 0.4) is 0 Å². The van der Waals surface area contributed by atoms with E-state index in [0.717, 1.165) is 33.7 Å². The van der Waals surface area contributed by atoms with Crippen LogP contribution in [0.4, 0.5) is 18.9 Å². The fourth-order valence-corrected chi connectivity index (χ4v) is 6.63. The Morgan fingerprint density at radius 3 is 2.24 bits per heavy atom. The molecule has 2 heterocycles. The van der Waals surface area contributed by atoms with Gasteiger partial charge in [-0.1, -0.05) is 54.1 Å². The van der Waals surface area contributed by atoms with Crippen LogP contribution in [0.5, 0.6) is 0 Å². The largest absolute Gasteiger partial charge is 0.416 e. The molecule has 0 saturated heterocycles. The predicted octanol–water partition coefficient (Wildman–Crippen LogP) is 7.12. The van der Waals surface area contributed by atoms with Crippen molar-refractivity contribution in [2.75, 3.05) is 4.31 Å². The second-order valence-electron chi connectivity index (χ2n) is 7.88. The second-order valence-corrected chi connectivity index (χ2v) is 10.8. The molecule has 5 rings (SSSR count). The third kappa shape index (κ3) is 3.83. The first-order valence-electron chi connectivity index (χ1n) is 10.1. The second kappa shape index (κ2) is 7.74. The number of rotatable bonds is 3. The van der Waals surface area contributed by atoms with Gasteiger partial charge in [-0.15, -0.1) is 11.3 Å². The van der Waals surface area contributed by atoms with Gasteiger partial charge in [0.2, 0.25) is 0 Å². The lowest BCUT2D eigenvalue weighted by molar-refractivity contribution is -0.137. The van der Waals surface area contributed by atoms with Gasteiger partial charge in [0, 0.05) is 4.88 Å². The number of benzene rings is 3. The highest BCUT2D eigenvalue weighted by Gasteiger charge is 2.34. The van der Waals surface area contributed by atoms with E-state index in [-0.39, 0.29) is 11.4 Å². The Labute approximate surface area is 193 Å². The highest BCUT2D eigenvalue weighted by Crippen LogP contribution is 2.49. The smallest absolute Gasteiger partial charge is 0.260 e. The van der Waals surface area contributed by atoms with Gasteiger partial charge < -0.3 is 0 Å². The molecular formula is C25H18F3NO2S2. The molecule has 1 aliphatic rings. The summed E-state index contributed by atoms with van der Waals surface area (Å²) in [6, 6.07) is 21.0. The van der Waals surface area contributed by atoms with Gasteiger partial charge >= 0.3 is 6.18 Å². The molecule has 3 nitrogen and oxygen atoms in total. The lowest BCUT2D eigenvalue weighted by atomic mass is 10.0. The van der Waals surface area contributed by atoms with Crippen molar-refractivity contribution in [3.63, 3.8) is 0 Å². The molecule has 1 aliphatic heterocycles. The van der Waals surface area contributed by atoms with Crippen LogP contribution >= 0.6 is 11.3 Å². The monoisotopic (exact) mass is 485 g/mol. The molecule has 3 aromatic carbocycles. The SMILES string of the molecule is Cc1ccc(S(=O)(=O)N2Cc3ccccc3-c3sc(-c4ccc(C(F)(F)F)cc4)cc32)cc1. The minimum Gasteiger partial charge on any atom is -0.260 e. The Morgan fingerprint density at radius 2 is 1.58 bits per heavy atom. The van der Waals surface area contributed by atoms with Crippen molar-refractivity contribution >= 4 is 27.0 Å². The molecule has 0 aliphatic carbocycles. The van der Waals surface area contributed by atoms with E-state index in [1.54, 1.807) is 30.3 Å². The lowest BCUT2D eigenvalue weighted by Crippen LogP contribution is -2.32. The third-order valence-electron chi connectivity index (χ3n) is 5.66. The Morgan fingerprint density at radius 1 is 0.909 bits per heavy atom. The molecular weight excluding hydrogens is 467 g/mol. The maximum atomic E-state index is 13.6. The van der Waals surface area contributed by atoms with E-state index in [9.17, 15) is 21.6 Å². The Balaban J connectivity index is 1.64. The Bertz CT molecular complexity index is 1440. The zero-order valence-corrected chi connectivity index (χ0v) is 19.1. The summed E-state index contributed by atoms with van der Waals surface area (Å²) in [5.41, 5.74) is 3.19. The number of thiophene rings is 1. The average molecular weight is 486 g/mol. The number of hydrogen-bond donors (Lipinski definition) is 0. The zero-order chi connectivity index (χ0) is 23.4. The summed E-state index contributed by atoms with van der Waals surface area (Å²) >= 11 is 1.37. The molecule has 0 bridgehead atoms. The van der Waals surface area contributed by atoms with E-state index in [1.807, 2.05) is 31.2 Å². The van der Waals surface area contributed by atoms with Gasteiger partial charge in [-0.25, -0.2) is 8.42 Å². The van der Waals surface area contributed by atoms with Crippen LogP contribution < -0.4 is 4.31 Å². The maximum Gasteiger partial charge on any atom is 0.416 e. The van der Waals surface area contributed by atoms with Gasteiger partial charge in [0.1, 0.15) is 0 Å². The van der Waals surface area contributed by atoms with Crippen LogP contribution in [0.15, 0.2) is 83.8 Å². The number of halogens is 3. The van der Waals surface area contributed by atoms with E-state index < -0.39 is 21.8 Å². The Kier molecular flexibility index (Phi) is 5.10. The summed E-state index contributed by atoms with van der Waals surface area (Å²) in [4.78, 5) is 1.68. The molecule has 0 saturated carbocycles. The van der Waals surface area contributed by atoms with E-state index in [0.29, 0.717) is 16.1 Å². The molecule has 8 heteroatoms. The van der Waals surface area contributed by atoms with Crippen molar-refractivity contribution < 1.29 is 21.6 Å². The summed E-state index contributed by atoms with van der Waals surface area (Å²) < 4.78 is 67.5. The summed E-state index contributed by atoms with van der Waals surface area (Å²) in [6.07, 6.45) is -4.41. The Hall–Kier alpha value is -3.10. The van der Waals surface area contributed by atoms with Gasteiger partial charge in [-0.05, 0) is 53.9 Å². The number of alkyl halides is 3. The molecule has 4 aromatic rings. The fourth-order valence-electron chi connectivity index (χ4n) is 3.90. The lowest BCUT2D eigenvalue weighted by Gasteiger charge is -2.30. The van der Waals surface area contributed by atoms with Crippen LogP contribution in [0.25, 0.3) is 20.9 Å². The van der Waals surface area contributed by atoms with Gasteiger partial charge in [-0.2, -0.15) is 13.2 Å². The topological polar surface area (TPSA) is 37.4 Å². The molecule has 33 heavy (non-hydrogen) atoms. The van der Waals surface area contributed by atoms with Crippen LogP contribution in [-0.2, 0) is 22.7 Å². The van der Waals surface area contributed by atoms with Crippen molar-refractivity contribution in [2.24, 2.45) is 0 Å². The first-order chi connectivity index (χ1) is 15.6. The minimum absolute atomic E-state index is 0.183. The van der Waals surface area contributed by atoms with E-state index in [2.05, 4.69) is 0 Å². The first-order valence-corrected chi connectivity index (χ1v) is 12.4. The zero-order valence-electron chi connectivity index (χ0n) is 17.4. The van der Waals surface area contributed by atoms with Crippen LogP contribution in [0.1, 0.15) is 16.7 Å². The molecule has 0 spiro atoms. The number of hydrogen-bond acceptors (Lipinski definition) is 3. The molecule has 0 atom stereocenters. The van der Waals surface area contributed by atoms with Gasteiger partial charge in [-0.3, -0.25) is 4.31 Å². The van der Waals surface area contributed by atoms with Crippen molar-refractivity contribution in [1.29, 1.82) is 0 Å². The van der Waals surface area contributed by atoms with E-state index >= 15 is 0 Å². The molecule has 1 aromatic heterocycles. The van der Waals surface area contributed by atoms with Crippen LogP contribution in [0.2, 0.25) is 0 Å². The van der Waals surface area contributed by atoms with Crippen molar-refractivity contribution in [3.8, 4) is 20.9 Å². The number of anilines is 1. The van der Waals surface area contributed by atoms with Gasteiger partial charge in [0.25, 0.3) is 10.0 Å². The van der Waals surface area contributed by atoms with Crippen molar-refractivity contribution in [2.45, 2.75) is 24.5 Å². The summed E-state index contributed by atoms with van der Waals surface area (Å²) in [5, 5.41) is 0. The molecule has 0 amide bonds. The van der Waals surface area contributed by atoms with Gasteiger partial charge in [0.15, 0.2) is 0 Å². The van der Waals surface area contributed by atoms with Crippen LogP contribution in [0, 0.1) is 6.92 Å². The normalized spacial score (nSPS) is 13.5. The van der Waals surface area contributed by atoms with Gasteiger partial charge in [0.05, 0.1) is 27.6 Å². The number of sulfonamides is 1. The van der Waals surface area contributed by atoms with Crippen molar-refractivity contribution in [3.05, 3.63) is 95.6 Å². The van der Waals surface area contributed by atoms with Crippen LogP contribution in [-0.4, -0.2) is 8.42 Å². The molecule has 0 N–H and O–H groups in total. The summed E-state index contributed by atoms with van der Waals surface area (Å²) in [6.45, 7) is 2.07. The van der Waals surface area contributed by atoms with Crippen molar-refractivity contribution in [1.82, 2.24) is 0 Å². The maximum absolute atomic E-state index is 13.6. The standard InChI is InChI=1S/C25H18F3NO2S2/c1-16-6-12-20(13-7-16)33(30,31)29-15-18-4-2-3-5-21(18)24-22(29)14-23(32-24)17-8-10-19(11-9-17)25(26,27)28/h2-14H,15H2,1H3. The first kappa shape index (κ1) is 21.7. The van der Waals surface area contributed by atoms with E-state index in [4.69, 9.17) is 0 Å². The third-order valence-corrected chi connectivity index (χ3v) is 8.64. The van der Waals surface area contributed by atoms with E-state index in [1.165, 1.54) is 27.8 Å². The molecule has 0 unspecified atom stereocenters. The quantitative estimate of drug-likeness (QED) is 0.310. The summed E-state index contributed by atoms with van der Waals surface area (Å²) in [7, 11) is -3.84. The number of aryl methyl sites for hydroxylation is 1. The average Bonchev–Trinajstić information content (AvgIpc) is 3.24. The fraction of sp³-hybridized carbons (Fsp3) is 0.120. The number of fused-ring (bicyclic) bond motifs is 3. The highest BCUT2D eigenvalue weighted by molar-refractivity contribution is 7.92. The molecule has 0 radical (unpaired) electrons. The highest BCUT2D eigenvalue weighted by atomic mass is 32.2. The minimum atomic E-state index is -4.41. The predicted molar refractivity (Wildman–Crippen MR) is 125 cm³/mol. The number of nitrogens with zero attached hydrogens (tertiary/aromatic N) is 1.